The van der Waals surface area contributed by atoms with Gasteiger partial charge in [0.25, 0.3) is 0 Å². The van der Waals surface area contributed by atoms with Gasteiger partial charge in [0.15, 0.2) is 11.6 Å². The molecule has 1 aromatic carbocycles. The third-order valence-corrected chi connectivity index (χ3v) is 3.58. The summed E-state index contributed by atoms with van der Waals surface area (Å²) in [5, 5.41) is 3.37. The molecule has 0 radical (unpaired) electrons. The molecule has 0 aromatic heterocycles. The number of hydrogen-bond donors (Lipinski definition) is 1. The first-order chi connectivity index (χ1) is 8.69. The van der Waals surface area contributed by atoms with Gasteiger partial charge in [-0.2, -0.15) is 0 Å². The second kappa shape index (κ2) is 6.05. The molecule has 2 rings (SSSR count). The fraction of sp³-hybridized carbons (Fsp3) is 0.571. The van der Waals surface area contributed by atoms with Crippen molar-refractivity contribution >= 4 is 5.69 Å². The predicted octanol–water partition coefficient (Wildman–Crippen LogP) is 2.59. The van der Waals surface area contributed by atoms with E-state index in [4.69, 9.17) is 4.74 Å². The molecule has 100 valence electrons. The number of methoxy groups -OCH3 is 1. The van der Waals surface area contributed by atoms with Crippen LogP contribution >= 0.6 is 0 Å². The zero-order chi connectivity index (χ0) is 13.0. The van der Waals surface area contributed by atoms with Gasteiger partial charge in [-0.15, -0.1) is 0 Å². The predicted molar refractivity (Wildman–Crippen MR) is 71.7 cm³/mol. The van der Waals surface area contributed by atoms with Gasteiger partial charge in [-0.25, -0.2) is 4.39 Å². The van der Waals surface area contributed by atoms with Gasteiger partial charge in [0, 0.05) is 18.3 Å². The fourth-order valence-electron chi connectivity index (χ4n) is 2.30. The van der Waals surface area contributed by atoms with Crippen LogP contribution in [0.25, 0.3) is 0 Å². The SMILES string of the molecule is COc1cc(NCC2CCN(C)CC2)ccc1F. The van der Waals surface area contributed by atoms with E-state index in [0.29, 0.717) is 11.7 Å². The van der Waals surface area contributed by atoms with Gasteiger partial charge in [-0.05, 0) is 51.0 Å². The maximum atomic E-state index is 13.2. The Hall–Kier alpha value is -1.29. The summed E-state index contributed by atoms with van der Waals surface area (Å²) in [6, 6.07) is 4.91. The maximum absolute atomic E-state index is 13.2. The van der Waals surface area contributed by atoms with Crippen LogP contribution in [0.15, 0.2) is 18.2 Å². The Bertz CT molecular complexity index is 389. The molecule has 0 bridgehead atoms. The molecule has 0 aliphatic carbocycles. The molecule has 18 heavy (non-hydrogen) atoms. The van der Waals surface area contributed by atoms with Crippen molar-refractivity contribution in [3.05, 3.63) is 24.0 Å². The average molecular weight is 252 g/mol. The van der Waals surface area contributed by atoms with Crippen LogP contribution in [0.1, 0.15) is 12.8 Å². The summed E-state index contributed by atoms with van der Waals surface area (Å²) < 4.78 is 18.2. The average Bonchev–Trinajstić information content (AvgIpc) is 2.39. The van der Waals surface area contributed by atoms with E-state index in [1.165, 1.54) is 39.1 Å². The lowest BCUT2D eigenvalue weighted by Crippen LogP contribution is -2.32. The summed E-state index contributed by atoms with van der Waals surface area (Å²) >= 11 is 0. The Morgan fingerprint density at radius 1 is 1.39 bits per heavy atom. The zero-order valence-corrected chi connectivity index (χ0v) is 11.1. The summed E-state index contributed by atoms with van der Waals surface area (Å²) in [4.78, 5) is 2.36. The largest absolute Gasteiger partial charge is 0.494 e. The minimum atomic E-state index is -0.317. The number of nitrogens with one attached hydrogen (secondary N) is 1. The highest BCUT2D eigenvalue weighted by atomic mass is 19.1. The number of halogens is 1. The Balaban J connectivity index is 1.86. The monoisotopic (exact) mass is 252 g/mol. The number of likely N-dealkylation sites (tertiary alicyclic amines) is 1. The van der Waals surface area contributed by atoms with Crippen LogP contribution in [0.2, 0.25) is 0 Å². The van der Waals surface area contributed by atoms with Crippen molar-refractivity contribution in [1.82, 2.24) is 4.90 Å². The first-order valence-corrected chi connectivity index (χ1v) is 6.45. The van der Waals surface area contributed by atoms with Crippen molar-refractivity contribution < 1.29 is 9.13 Å². The molecule has 4 heteroatoms. The van der Waals surface area contributed by atoms with E-state index in [1.54, 1.807) is 12.1 Å². The summed E-state index contributed by atoms with van der Waals surface area (Å²) in [6.45, 7) is 3.28. The molecule has 1 heterocycles. The fourth-order valence-corrected chi connectivity index (χ4v) is 2.30. The first kappa shape index (κ1) is 13.1. The normalized spacial score (nSPS) is 17.7. The van der Waals surface area contributed by atoms with Crippen LogP contribution in [0.3, 0.4) is 0 Å². The third kappa shape index (κ3) is 3.35. The van der Waals surface area contributed by atoms with Gasteiger partial charge in [-0.3, -0.25) is 0 Å². The van der Waals surface area contributed by atoms with E-state index in [1.807, 2.05) is 0 Å². The van der Waals surface area contributed by atoms with Crippen LogP contribution in [-0.2, 0) is 0 Å². The summed E-state index contributed by atoms with van der Waals surface area (Å²) in [6.07, 6.45) is 2.45. The van der Waals surface area contributed by atoms with Gasteiger partial charge in [0.05, 0.1) is 7.11 Å². The van der Waals surface area contributed by atoms with Crippen LogP contribution in [-0.4, -0.2) is 38.7 Å². The number of hydrogen-bond acceptors (Lipinski definition) is 3. The molecule has 0 atom stereocenters. The molecule has 1 fully saturated rings. The molecular formula is C14H21FN2O. The number of benzene rings is 1. The smallest absolute Gasteiger partial charge is 0.165 e. The van der Waals surface area contributed by atoms with E-state index in [0.717, 1.165) is 12.2 Å². The van der Waals surface area contributed by atoms with Crippen LogP contribution in [0.5, 0.6) is 5.75 Å². The highest BCUT2D eigenvalue weighted by molar-refractivity contribution is 5.48. The molecule has 1 aromatic rings. The van der Waals surface area contributed by atoms with Gasteiger partial charge in [-0.1, -0.05) is 0 Å². The van der Waals surface area contributed by atoms with Crippen molar-refractivity contribution in [3.63, 3.8) is 0 Å². The molecular weight excluding hydrogens is 231 g/mol. The second-order valence-corrected chi connectivity index (χ2v) is 4.98. The lowest BCUT2D eigenvalue weighted by atomic mass is 9.97. The topological polar surface area (TPSA) is 24.5 Å². The number of ether oxygens (including phenoxy) is 1. The van der Waals surface area contributed by atoms with Crippen molar-refractivity contribution in [3.8, 4) is 5.75 Å². The van der Waals surface area contributed by atoms with Gasteiger partial charge in [0.2, 0.25) is 0 Å². The number of piperidine rings is 1. The maximum Gasteiger partial charge on any atom is 0.165 e. The van der Waals surface area contributed by atoms with Crippen LogP contribution < -0.4 is 10.1 Å². The molecule has 1 N–H and O–H groups in total. The van der Waals surface area contributed by atoms with Crippen molar-refractivity contribution in [2.45, 2.75) is 12.8 Å². The van der Waals surface area contributed by atoms with Crippen LogP contribution in [0.4, 0.5) is 10.1 Å². The molecule has 1 aliphatic rings. The molecule has 0 unspecified atom stereocenters. The highest BCUT2D eigenvalue weighted by Crippen LogP contribution is 2.23. The van der Waals surface area contributed by atoms with Crippen LogP contribution in [0, 0.1) is 11.7 Å². The first-order valence-electron chi connectivity index (χ1n) is 6.45. The molecule has 3 nitrogen and oxygen atoms in total. The molecule has 1 saturated heterocycles. The Labute approximate surface area is 108 Å². The minimum absolute atomic E-state index is 0.295. The van der Waals surface area contributed by atoms with E-state index >= 15 is 0 Å². The lowest BCUT2D eigenvalue weighted by molar-refractivity contribution is 0.226. The Morgan fingerprint density at radius 2 is 2.11 bits per heavy atom. The summed E-state index contributed by atoms with van der Waals surface area (Å²) in [5.74, 6) is 0.683. The quantitative estimate of drug-likeness (QED) is 0.891. The highest BCUT2D eigenvalue weighted by Gasteiger charge is 2.16. The Kier molecular flexibility index (Phi) is 4.42. The van der Waals surface area contributed by atoms with Crippen molar-refractivity contribution in [2.24, 2.45) is 5.92 Å². The number of nitrogens with zero attached hydrogens (tertiary/aromatic N) is 1. The third-order valence-electron chi connectivity index (χ3n) is 3.58. The number of anilines is 1. The van der Waals surface area contributed by atoms with Gasteiger partial charge < -0.3 is 15.0 Å². The Morgan fingerprint density at radius 3 is 2.78 bits per heavy atom. The summed E-state index contributed by atoms with van der Waals surface area (Å²) in [7, 11) is 3.65. The lowest BCUT2D eigenvalue weighted by Gasteiger charge is -2.29. The van der Waals surface area contributed by atoms with E-state index in [-0.39, 0.29) is 5.82 Å². The zero-order valence-electron chi connectivity index (χ0n) is 11.1. The van der Waals surface area contributed by atoms with E-state index in [9.17, 15) is 4.39 Å². The van der Waals surface area contributed by atoms with Crippen molar-refractivity contribution in [1.29, 1.82) is 0 Å². The van der Waals surface area contributed by atoms with Gasteiger partial charge >= 0.3 is 0 Å². The molecule has 0 spiro atoms. The van der Waals surface area contributed by atoms with E-state index < -0.39 is 0 Å². The molecule has 1 aliphatic heterocycles. The molecule has 0 amide bonds. The summed E-state index contributed by atoms with van der Waals surface area (Å²) in [5.41, 5.74) is 0.923. The van der Waals surface area contributed by atoms with E-state index in [2.05, 4.69) is 17.3 Å². The van der Waals surface area contributed by atoms with Gasteiger partial charge in [0.1, 0.15) is 0 Å². The number of rotatable bonds is 4. The molecule has 0 saturated carbocycles. The second-order valence-electron chi connectivity index (χ2n) is 4.98. The minimum Gasteiger partial charge on any atom is -0.494 e. The van der Waals surface area contributed by atoms with Crippen molar-refractivity contribution in [2.75, 3.05) is 39.1 Å². The standard InChI is InChI=1S/C14H21FN2O/c1-17-7-5-11(6-8-17)10-16-12-3-4-13(15)14(9-12)18-2/h3-4,9,11,16H,5-8,10H2,1-2H3.